The summed E-state index contributed by atoms with van der Waals surface area (Å²) in [6, 6.07) is 12.6. The topological polar surface area (TPSA) is 81.2 Å². The second-order valence-electron chi connectivity index (χ2n) is 11.5. The molecule has 9 heteroatoms. The number of alkyl halides is 1. The van der Waals surface area contributed by atoms with Gasteiger partial charge in [-0.3, -0.25) is 14.4 Å². The number of rotatable bonds is 12. The summed E-state index contributed by atoms with van der Waals surface area (Å²) in [6.45, 7) is 12.7. The van der Waals surface area contributed by atoms with Gasteiger partial charge in [-0.15, -0.1) is 24.9 Å². The van der Waals surface area contributed by atoms with Crippen molar-refractivity contribution in [3.8, 4) is 0 Å². The molecule has 0 aliphatic carbocycles. The van der Waals surface area contributed by atoms with Gasteiger partial charge in [0.15, 0.2) is 0 Å². The molecule has 2 aromatic rings. The summed E-state index contributed by atoms with van der Waals surface area (Å²) in [6.07, 6.45) is 5.30. The standard InChI is InChI=1S/C33H40BrN3O4S/c1-5-15-35(16-6-2)30(39)26-27-31(40)37(23(8-4)20-38)29(33(27)19-25(34)28(26)42-33)32(41)36(17-7-3)24-14-13-21-11-9-10-12-22(21)18-24/h5,7,9-14,18,23,25-29,38H,1,3,6,8,15-17,19-20H2,2,4H3/t23-,25?,26-,27-,28-,29?,33?/m0/s1. The van der Waals surface area contributed by atoms with Gasteiger partial charge in [0.05, 0.1) is 29.2 Å². The first kappa shape index (κ1) is 30.8. The van der Waals surface area contributed by atoms with E-state index < -0.39 is 28.7 Å². The molecule has 3 fully saturated rings. The summed E-state index contributed by atoms with van der Waals surface area (Å²) in [5.41, 5.74) is 0.726. The number of anilines is 1. The van der Waals surface area contributed by atoms with Crippen molar-refractivity contribution in [2.75, 3.05) is 31.1 Å². The minimum atomic E-state index is -0.828. The average molecular weight is 655 g/mol. The van der Waals surface area contributed by atoms with E-state index in [9.17, 15) is 19.5 Å². The lowest BCUT2D eigenvalue weighted by molar-refractivity contribution is -0.145. The molecule has 7 nitrogen and oxygen atoms in total. The first-order valence-electron chi connectivity index (χ1n) is 14.8. The van der Waals surface area contributed by atoms with E-state index >= 15 is 0 Å². The fraction of sp³-hybridized carbons (Fsp3) is 0.485. The van der Waals surface area contributed by atoms with E-state index in [0.717, 1.165) is 22.9 Å². The summed E-state index contributed by atoms with van der Waals surface area (Å²) < 4.78 is -0.793. The Bertz CT molecular complexity index is 1380. The van der Waals surface area contributed by atoms with Gasteiger partial charge in [0, 0.05) is 35.4 Å². The van der Waals surface area contributed by atoms with Gasteiger partial charge in [-0.05, 0) is 42.2 Å². The van der Waals surface area contributed by atoms with Gasteiger partial charge in [-0.25, -0.2) is 0 Å². The van der Waals surface area contributed by atoms with Crippen LogP contribution < -0.4 is 4.90 Å². The molecule has 0 radical (unpaired) electrons. The highest BCUT2D eigenvalue weighted by atomic mass is 79.9. The lowest BCUT2D eigenvalue weighted by Crippen LogP contribution is -2.58. The molecule has 3 heterocycles. The number of thioether (sulfide) groups is 1. The van der Waals surface area contributed by atoms with Crippen molar-refractivity contribution < 1.29 is 19.5 Å². The molecule has 3 saturated heterocycles. The Morgan fingerprint density at radius 3 is 2.50 bits per heavy atom. The molecular weight excluding hydrogens is 614 g/mol. The molecule has 5 rings (SSSR count). The van der Waals surface area contributed by atoms with Gasteiger partial charge in [0.2, 0.25) is 11.8 Å². The molecule has 42 heavy (non-hydrogen) atoms. The van der Waals surface area contributed by atoms with E-state index in [1.807, 2.05) is 56.3 Å². The Balaban J connectivity index is 1.61. The van der Waals surface area contributed by atoms with Crippen LogP contribution in [0.25, 0.3) is 10.8 Å². The molecular formula is C33H40BrN3O4S. The third-order valence-electron chi connectivity index (χ3n) is 9.10. The quantitative estimate of drug-likeness (QED) is 0.257. The van der Waals surface area contributed by atoms with Gasteiger partial charge in [-0.1, -0.05) is 72.3 Å². The highest BCUT2D eigenvalue weighted by Crippen LogP contribution is 2.68. The number of hydrogen-bond donors (Lipinski definition) is 1. The van der Waals surface area contributed by atoms with Crippen LogP contribution in [0.4, 0.5) is 5.69 Å². The zero-order valence-corrected chi connectivity index (χ0v) is 26.7. The molecule has 3 aliphatic heterocycles. The van der Waals surface area contributed by atoms with E-state index in [2.05, 4.69) is 29.1 Å². The lowest BCUT2D eigenvalue weighted by atomic mass is 9.70. The Labute approximate surface area is 261 Å². The highest BCUT2D eigenvalue weighted by Gasteiger charge is 2.76. The SMILES string of the molecule is C=CCN(CCC)C(=O)[C@H]1[C@H]2C(=O)N([C@@H](CC)CO)C(C(=O)N(CC=C)c3ccc4ccccc4c3)C23CC(Br)[C@@H]1S3. The number of amides is 3. The zero-order chi connectivity index (χ0) is 30.2. The van der Waals surface area contributed by atoms with Gasteiger partial charge in [0.1, 0.15) is 6.04 Å². The zero-order valence-electron chi connectivity index (χ0n) is 24.3. The Hall–Kier alpha value is -2.62. The molecule has 0 saturated carbocycles. The van der Waals surface area contributed by atoms with Crippen molar-refractivity contribution in [2.24, 2.45) is 11.8 Å². The van der Waals surface area contributed by atoms with Crippen LogP contribution in [0, 0.1) is 11.8 Å². The van der Waals surface area contributed by atoms with Crippen molar-refractivity contribution in [3.63, 3.8) is 0 Å². The smallest absolute Gasteiger partial charge is 0.251 e. The largest absolute Gasteiger partial charge is 0.394 e. The maximum Gasteiger partial charge on any atom is 0.251 e. The van der Waals surface area contributed by atoms with Crippen LogP contribution in [0.2, 0.25) is 0 Å². The number of benzene rings is 2. The maximum atomic E-state index is 14.9. The fourth-order valence-corrected chi connectivity index (χ4v) is 10.9. The van der Waals surface area contributed by atoms with Gasteiger partial charge in [-0.2, -0.15) is 0 Å². The summed E-state index contributed by atoms with van der Waals surface area (Å²) in [4.78, 5) is 48.6. The number of fused-ring (bicyclic) bond motifs is 2. The molecule has 3 amide bonds. The molecule has 2 aromatic carbocycles. The second kappa shape index (κ2) is 12.5. The Kier molecular flexibility index (Phi) is 9.21. The molecule has 2 bridgehead atoms. The number of hydrogen-bond acceptors (Lipinski definition) is 5. The molecule has 3 aliphatic rings. The normalized spacial score (nSPS) is 28.5. The fourth-order valence-electron chi connectivity index (χ4n) is 7.31. The van der Waals surface area contributed by atoms with Crippen molar-refractivity contribution in [1.29, 1.82) is 0 Å². The van der Waals surface area contributed by atoms with Crippen molar-refractivity contribution in [1.82, 2.24) is 9.80 Å². The first-order chi connectivity index (χ1) is 20.3. The van der Waals surface area contributed by atoms with E-state index in [4.69, 9.17) is 0 Å². The minimum Gasteiger partial charge on any atom is -0.394 e. The lowest BCUT2D eigenvalue weighted by Gasteiger charge is -2.40. The molecule has 7 atom stereocenters. The monoisotopic (exact) mass is 653 g/mol. The Morgan fingerprint density at radius 1 is 1.14 bits per heavy atom. The van der Waals surface area contributed by atoms with E-state index in [1.165, 1.54) is 0 Å². The number of likely N-dealkylation sites (tertiary alicyclic amines) is 1. The number of nitrogens with zero attached hydrogens (tertiary/aromatic N) is 3. The minimum absolute atomic E-state index is 0.0225. The van der Waals surface area contributed by atoms with Gasteiger partial charge in [0.25, 0.3) is 5.91 Å². The molecule has 224 valence electrons. The molecule has 0 aromatic heterocycles. The molecule has 1 N–H and O–H groups in total. The van der Waals surface area contributed by atoms with E-state index in [-0.39, 0.29) is 41.0 Å². The van der Waals surface area contributed by atoms with Gasteiger partial charge < -0.3 is 19.8 Å². The van der Waals surface area contributed by atoms with Crippen LogP contribution in [0.15, 0.2) is 67.8 Å². The van der Waals surface area contributed by atoms with Gasteiger partial charge >= 0.3 is 0 Å². The highest BCUT2D eigenvalue weighted by molar-refractivity contribution is 9.09. The Morgan fingerprint density at radius 2 is 1.86 bits per heavy atom. The number of carbonyl (C=O) groups excluding carboxylic acids is 3. The number of aliphatic hydroxyl groups is 1. The number of aliphatic hydroxyl groups excluding tert-OH is 1. The molecule has 3 unspecified atom stereocenters. The summed E-state index contributed by atoms with van der Waals surface area (Å²) >= 11 is 5.48. The first-order valence-corrected chi connectivity index (χ1v) is 16.6. The third-order valence-corrected chi connectivity index (χ3v) is 12.3. The van der Waals surface area contributed by atoms with Crippen LogP contribution in [-0.2, 0) is 14.4 Å². The third kappa shape index (κ3) is 4.91. The summed E-state index contributed by atoms with van der Waals surface area (Å²) in [5.74, 6) is -1.66. The maximum absolute atomic E-state index is 14.9. The second-order valence-corrected chi connectivity index (χ2v) is 14.2. The number of carbonyl (C=O) groups is 3. The summed E-state index contributed by atoms with van der Waals surface area (Å²) in [7, 11) is 0. The molecule has 1 spiro atoms. The van der Waals surface area contributed by atoms with Crippen LogP contribution in [0.3, 0.4) is 0 Å². The van der Waals surface area contributed by atoms with Crippen molar-refractivity contribution in [3.05, 3.63) is 67.8 Å². The van der Waals surface area contributed by atoms with Crippen LogP contribution in [-0.4, -0.2) is 85.8 Å². The van der Waals surface area contributed by atoms with Crippen LogP contribution in [0.1, 0.15) is 33.1 Å². The van der Waals surface area contributed by atoms with Crippen molar-refractivity contribution >= 4 is 61.9 Å². The van der Waals surface area contributed by atoms with Crippen LogP contribution >= 0.6 is 27.7 Å². The predicted octanol–water partition coefficient (Wildman–Crippen LogP) is 5.02. The average Bonchev–Trinajstić information content (AvgIpc) is 3.59. The van der Waals surface area contributed by atoms with Crippen molar-refractivity contribution in [2.45, 2.75) is 60.0 Å². The van der Waals surface area contributed by atoms with Crippen LogP contribution in [0.5, 0.6) is 0 Å². The van der Waals surface area contributed by atoms with E-state index in [1.54, 1.807) is 38.6 Å². The summed E-state index contributed by atoms with van der Waals surface area (Å²) in [5, 5.41) is 12.4. The number of halogens is 1. The predicted molar refractivity (Wildman–Crippen MR) is 174 cm³/mol. The van der Waals surface area contributed by atoms with E-state index in [0.29, 0.717) is 25.9 Å².